The highest BCUT2D eigenvalue weighted by atomic mass is 16.5. The number of hydrogen-bond acceptors (Lipinski definition) is 3. The molecule has 0 spiro atoms. The predicted octanol–water partition coefficient (Wildman–Crippen LogP) is 0.658. The molecule has 0 aromatic heterocycles. The number of primary amides is 1. The molecule has 0 fully saturated rings. The number of rotatable bonds is 4. The third-order valence-electron chi connectivity index (χ3n) is 1.79. The Morgan fingerprint density at radius 3 is 2.33 bits per heavy atom. The Kier molecular flexibility index (Phi) is 3.85. The first-order valence-corrected chi connectivity index (χ1v) is 4.56. The van der Waals surface area contributed by atoms with Gasteiger partial charge in [-0.2, -0.15) is 0 Å². The van der Waals surface area contributed by atoms with Crippen LogP contribution in [0.1, 0.15) is 12.5 Å². The van der Waals surface area contributed by atoms with Crippen molar-refractivity contribution in [3.05, 3.63) is 41.8 Å². The fraction of sp³-hybridized carbons (Fsp3) is 0.182. The molecule has 0 saturated carbocycles. The van der Waals surface area contributed by atoms with Gasteiger partial charge in [0.05, 0.1) is 6.61 Å². The summed E-state index contributed by atoms with van der Waals surface area (Å²) in [5.74, 6) is -1.58. The molecule has 0 aliphatic carbocycles. The Balaban J connectivity index is 2.94. The van der Waals surface area contributed by atoms with Crippen LogP contribution in [0.15, 0.2) is 30.3 Å². The first-order valence-electron chi connectivity index (χ1n) is 4.56. The second kappa shape index (κ2) is 5.14. The fourth-order valence-corrected chi connectivity index (χ4v) is 1.17. The maximum Gasteiger partial charge on any atom is 0.328 e. The van der Waals surface area contributed by atoms with Crippen LogP contribution in [-0.2, 0) is 14.3 Å². The molecule has 0 unspecified atom stereocenters. The van der Waals surface area contributed by atoms with E-state index in [0.29, 0.717) is 5.56 Å². The van der Waals surface area contributed by atoms with Crippen molar-refractivity contribution < 1.29 is 14.3 Å². The molecule has 0 aliphatic heterocycles. The summed E-state index contributed by atoms with van der Waals surface area (Å²) in [6, 6.07) is 8.50. The van der Waals surface area contributed by atoms with Crippen LogP contribution in [0.5, 0.6) is 0 Å². The average molecular weight is 206 g/mol. The summed E-state index contributed by atoms with van der Waals surface area (Å²) in [4.78, 5) is 22.5. The van der Waals surface area contributed by atoms with Crippen molar-refractivity contribution in [2.24, 2.45) is 5.73 Å². The van der Waals surface area contributed by atoms with E-state index >= 15 is 0 Å². The van der Waals surface area contributed by atoms with E-state index in [1.807, 2.05) is 0 Å². The van der Waals surface area contributed by atoms with E-state index in [-0.39, 0.29) is 12.5 Å². The van der Waals surface area contributed by atoms with E-state index in [2.05, 4.69) is 0 Å². The zero-order valence-electron chi connectivity index (χ0n) is 8.40. The van der Waals surface area contributed by atoms with Crippen molar-refractivity contribution >= 4 is 11.9 Å². The van der Waals surface area contributed by atoms with Crippen molar-refractivity contribution in [3.63, 3.8) is 0 Å². The van der Waals surface area contributed by atoms with E-state index in [9.17, 15) is 9.59 Å². The Hall–Kier alpha value is -1.84. The summed E-state index contributed by atoms with van der Waals surface area (Å²) >= 11 is 0. The van der Waals surface area contributed by atoms with Gasteiger partial charge in [0.25, 0.3) is 0 Å². The molecule has 4 nitrogen and oxygen atoms in total. The minimum absolute atomic E-state index is 0.113. The molecule has 15 heavy (non-hydrogen) atoms. The molecule has 0 heterocycles. The average Bonchev–Trinajstić information content (AvgIpc) is 2.19. The highest BCUT2D eigenvalue weighted by Crippen LogP contribution is 2.15. The number of amides is 1. The highest BCUT2D eigenvalue weighted by Gasteiger charge is 2.28. The normalized spacial score (nSPS) is 10.0. The molecule has 1 amide bonds. The third-order valence-corrected chi connectivity index (χ3v) is 1.79. The molecular weight excluding hydrogens is 194 g/mol. The molecule has 1 rings (SSSR count). The summed E-state index contributed by atoms with van der Waals surface area (Å²) in [5, 5.41) is 0. The lowest BCUT2D eigenvalue weighted by molar-refractivity contribution is -0.142. The summed E-state index contributed by atoms with van der Waals surface area (Å²) in [5.41, 5.74) is 5.60. The van der Waals surface area contributed by atoms with Crippen LogP contribution in [-0.4, -0.2) is 18.5 Å². The van der Waals surface area contributed by atoms with Crippen LogP contribution in [0.25, 0.3) is 0 Å². The molecule has 0 atom stereocenters. The molecule has 0 bridgehead atoms. The second-order valence-corrected chi connectivity index (χ2v) is 2.83. The molecule has 0 saturated heterocycles. The molecule has 1 aromatic rings. The molecule has 79 valence electrons. The zero-order chi connectivity index (χ0) is 11.3. The van der Waals surface area contributed by atoms with Gasteiger partial charge in [0.15, 0.2) is 5.92 Å². The molecule has 1 aromatic carbocycles. The van der Waals surface area contributed by atoms with Crippen LogP contribution < -0.4 is 5.73 Å². The lowest BCUT2D eigenvalue weighted by Crippen LogP contribution is -2.30. The lowest BCUT2D eigenvalue weighted by Gasteiger charge is -2.10. The van der Waals surface area contributed by atoms with Crippen LogP contribution in [0.2, 0.25) is 0 Å². The maximum absolute atomic E-state index is 11.4. The monoisotopic (exact) mass is 206 g/mol. The number of carbonyl (C=O) groups excluding carboxylic acids is 2. The second-order valence-electron chi connectivity index (χ2n) is 2.83. The molecular formula is C11H12NO3. The maximum atomic E-state index is 11.4. The Bertz CT molecular complexity index is 348. The van der Waals surface area contributed by atoms with Gasteiger partial charge in [0.1, 0.15) is 0 Å². The van der Waals surface area contributed by atoms with Gasteiger partial charge in [-0.3, -0.25) is 9.59 Å². The van der Waals surface area contributed by atoms with Gasteiger partial charge in [-0.1, -0.05) is 30.3 Å². The van der Waals surface area contributed by atoms with Gasteiger partial charge < -0.3 is 10.5 Å². The first-order chi connectivity index (χ1) is 7.16. The van der Waals surface area contributed by atoms with E-state index in [1.54, 1.807) is 37.3 Å². The van der Waals surface area contributed by atoms with Gasteiger partial charge in [-0.25, -0.2) is 0 Å². The van der Waals surface area contributed by atoms with E-state index in [4.69, 9.17) is 10.5 Å². The summed E-state index contributed by atoms with van der Waals surface area (Å²) in [6.45, 7) is 1.88. The summed E-state index contributed by atoms with van der Waals surface area (Å²) in [6.07, 6.45) is 0. The Morgan fingerprint density at radius 1 is 1.27 bits per heavy atom. The number of hydrogen-bond donors (Lipinski definition) is 1. The van der Waals surface area contributed by atoms with Crippen molar-refractivity contribution in [2.45, 2.75) is 6.92 Å². The van der Waals surface area contributed by atoms with Gasteiger partial charge in [0, 0.05) is 0 Å². The standard InChI is InChI=1S/C11H12NO3/c1-2-15-11(14)9(10(12)13)8-6-4-3-5-7-8/h3-7H,2H2,1H3,(H2,12,13). The molecule has 2 N–H and O–H groups in total. The number of carbonyl (C=O) groups is 2. The number of ether oxygens (including phenoxy) is 1. The Morgan fingerprint density at radius 2 is 1.87 bits per heavy atom. The van der Waals surface area contributed by atoms with Crippen LogP contribution >= 0.6 is 0 Å². The number of benzene rings is 1. The van der Waals surface area contributed by atoms with E-state index < -0.39 is 11.9 Å². The summed E-state index contributed by atoms with van der Waals surface area (Å²) < 4.78 is 4.74. The van der Waals surface area contributed by atoms with E-state index in [0.717, 1.165) is 0 Å². The molecule has 1 radical (unpaired) electrons. The zero-order valence-corrected chi connectivity index (χ0v) is 8.40. The van der Waals surface area contributed by atoms with Gasteiger partial charge in [-0.05, 0) is 12.5 Å². The lowest BCUT2D eigenvalue weighted by atomic mass is 9.99. The third kappa shape index (κ3) is 2.80. The fourth-order valence-electron chi connectivity index (χ4n) is 1.17. The van der Waals surface area contributed by atoms with Crippen molar-refractivity contribution in [2.75, 3.05) is 6.61 Å². The smallest absolute Gasteiger partial charge is 0.328 e. The van der Waals surface area contributed by atoms with E-state index in [1.165, 1.54) is 0 Å². The SMILES string of the molecule is CCOC(=O)[C](C(N)=O)c1ccccc1. The van der Waals surface area contributed by atoms with Crippen LogP contribution in [0, 0.1) is 5.92 Å². The predicted molar refractivity (Wildman–Crippen MR) is 54.6 cm³/mol. The molecule has 4 heteroatoms. The van der Waals surface area contributed by atoms with Gasteiger partial charge >= 0.3 is 5.97 Å². The van der Waals surface area contributed by atoms with Gasteiger partial charge in [0.2, 0.25) is 5.91 Å². The summed E-state index contributed by atoms with van der Waals surface area (Å²) in [7, 11) is 0. The largest absolute Gasteiger partial charge is 0.465 e. The number of esters is 1. The number of nitrogens with two attached hydrogens (primary N) is 1. The Labute approximate surface area is 88.0 Å². The van der Waals surface area contributed by atoms with Crippen molar-refractivity contribution in [1.82, 2.24) is 0 Å². The van der Waals surface area contributed by atoms with Gasteiger partial charge in [-0.15, -0.1) is 0 Å². The van der Waals surface area contributed by atoms with Crippen molar-refractivity contribution in [1.29, 1.82) is 0 Å². The van der Waals surface area contributed by atoms with Crippen LogP contribution in [0.3, 0.4) is 0 Å². The van der Waals surface area contributed by atoms with Crippen LogP contribution in [0.4, 0.5) is 0 Å². The first kappa shape index (κ1) is 11.2. The minimum atomic E-state index is -0.778. The van der Waals surface area contributed by atoms with Crippen molar-refractivity contribution in [3.8, 4) is 0 Å². The topological polar surface area (TPSA) is 69.4 Å². The highest BCUT2D eigenvalue weighted by molar-refractivity contribution is 6.15. The quantitative estimate of drug-likeness (QED) is 0.581. The molecule has 0 aliphatic rings. The minimum Gasteiger partial charge on any atom is -0.465 e.